The van der Waals surface area contributed by atoms with Crippen molar-refractivity contribution in [1.82, 2.24) is 4.57 Å². The number of nitrogens with zero attached hydrogens (tertiary/aromatic N) is 1. The second kappa shape index (κ2) is 7.54. The number of hydrogen-bond donors (Lipinski definition) is 1. The summed E-state index contributed by atoms with van der Waals surface area (Å²) < 4.78 is 7.03. The lowest BCUT2D eigenvalue weighted by atomic mass is 9.98. The predicted molar refractivity (Wildman–Crippen MR) is 110 cm³/mol. The van der Waals surface area contributed by atoms with Crippen molar-refractivity contribution in [3.63, 3.8) is 0 Å². The molecule has 0 radical (unpaired) electrons. The number of pyridine rings is 1. The zero-order chi connectivity index (χ0) is 19.6. The van der Waals surface area contributed by atoms with Crippen molar-refractivity contribution < 1.29 is 9.84 Å². The average molecular weight is 361 g/mol. The van der Waals surface area contributed by atoms with Gasteiger partial charge in [-0.2, -0.15) is 0 Å². The molecule has 0 atom stereocenters. The summed E-state index contributed by atoms with van der Waals surface area (Å²) in [6.07, 6.45) is 5.67. The molecule has 1 heterocycles. The van der Waals surface area contributed by atoms with Crippen LogP contribution in [0.5, 0.6) is 11.5 Å². The van der Waals surface area contributed by atoms with Crippen LogP contribution in [0.3, 0.4) is 0 Å². The number of aromatic hydroxyl groups is 1. The number of methoxy groups -OCH3 is 1. The van der Waals surface area contributed by atoms with E-state index in [2.05, 4.69) is 31.2 Å². The van der Waals surface area contributed by atoms with Gasteiger partial charge in [0.2, 0.25) is 0 Å². The third-order valence-corrected chi connectivity index (χ3v) is 4.56. The van der Waals surface area contributed by atoms with Crippen LogP contribution in [0.4, 0.5) is 0 Å². The topological polar surface area (TPSA) is 51.5 Å². The van der Waals surface area contributed by atoms with Crippen LogP contribution in [0.25, 0.3) is 23.3 Å². The number of hydrogen-bond acceptors (Lipinski definition) is 3. The molecular formula is C23H23NO3. The summed E-state index contributed by atoms with van der Waals surface area (Å²) in [5.74, 6) is 0.752. The lowest BCUT2D eigenvalue weighted by Crippen LogP contribution is -2.14. The molecule has 0 spiro atoms. The third kappa shape index (κ3) is 3.95. The molecule has 2 aromatic carbocycles. The van der Waals surface area contributed by atoms with Gasteiger partial charge in [-0.3, -0.25) is 4.79 Å². The van der Waals surface area contributed by atoms with Gasteiger partial charge in [-0.05, 0) is 42.7 Å². The molecule has 1 aromatic heterocycles. The van der Waals surface area contributed by atoms with E-state index < -0.39 is 0 Å². The molecule has 138 valence electrons. The van der Waals surface area contributed by atoms with Gasteiger partial charge < -0.3 is 14.4 Å². The van der Waals surface area contributed by atoms with Gasteiger partial charge in [-0.1, -0.05) is 42.0 Å². The lowest BCUT2D eigenvalue weighted by Gasteiger charge is -2.13. The highest BCUT2D eigenvalue weighted by atomic mass is 16.5. The molecule has 3 aromatic rings. The minimum Gasteiger partial charge on any atom is -0.507 e. The van der Waals surface area contributed by atoms with Crippen LogP contribution >= 0.6 is 0 Å². The molecule has 0 aliphatic heterocycles. The molecule has 0 amide bonds. The smallest absolute Gasteiger partial charge is 0.254 e. The van der Waals surface area contributed by atoms with Gasteiger partial charge in [-0.25, -0.2) is 0 Å². The summed E-state index contributed by atoms with van der Waals surface area (Å²) in [5, 5.41) is 10.2. The van der Waals surface area contributed by atoms with Gasteiger partial charge in [0.1, 0.15) is 11.5 Å². The SMILES string of the molecule is COc1c(C)cc(-c2cn(C)c(=O)cc2O)cc1/C=C/c1ccc(C)cc1. The van der Waals surface area contributed by atoms with Gasteiger partial charge in [0.25, 0.3) is 5.56 Å². The minimum absolute atomic E-state index is 0.0314. The number of aromatic nitrogens is 1. The third-order valence-electron chi connectivity index (χ3n) is 4.56. The number of benzene rings is 2. The summed E-state index contributed by atoms with van der Waals surface area (Å²) in [7, 11) is 3.31. The van der Waals surface area contributed by atoms with Gasteiger partial charge in [0.05, 0.1) is 7.11 Å². The fourth-order valence-corrected chi connectivity index (χ4v) is 3.07. The molecule has 27 heavy (non-hydrogen) atoms. The fourth-order valence-electron chi connectivity index (χ4n) is 3.07. The van der Waals surface area contributed by atoms with Gasteiger partial charge in [0, 0.05) is 30.4 Å². The molecule has 0 saturated carbocycles. The van der Waals surface area contributed by atoms with Crippen molar-refractivity contribution in [3.8, 4) is 22.6 Å². The highest BCUT2D eigenvalue weighted by Crippen LogP contribution is 2.34. The molecule has 0 saturated heterocycles. The van der Waals surface area contributed by atoms with E-state index in [1.165, 1.54) is 16.2 Å². The Morgan fingerprint density at radius 3 is 2.41 bits per heavy atom. The number of ether oxygens (including phenoxy) is 1. The van der Waals surface area contributed by atoms with Crippen molar-refractivity contribution in [2.45, 2.75) is 13.8 Å². The van der Waals surface area contributed by atoms with Crippen molar-refractivity contribution in [2.24, 2.45) is 7.05 Å². The molecule has 4 nitrogen and oxygen atoms in total. The van der Waals surface area contributed by atoms with Gasteiger partial charge in [0.15, 0.2) is 0 Å². The first-order chi connectivity index (χ1) is 12.9. The van der Waals surface area contributed by atoms with Crippen LogP contribution in [-0.4, -0.2) is 16.8 Å². The fraction of sp³-hybridized carbons (Fsp3) is 0.174. The maximum atomic E-state index is 11.7. The minimum atomic E-state index is -0.249. The Bertz CT molecular complexity index is 1060. The van der Waals surface area contributed by atoms with Crippen molar-refractivity contribution in [3.05, 3.63) is 81.3 Å². The Kier molecular flexibility index (Phi) is 5.17. The Morgan fingerprint density at radius 1 is 1.04 bits per heavy atom. The van der Waals surface area contributed by atoms with Crippen molar-refractivity contribution in [1.29, 1.82) is 0 Å². The first-order valence-corrected chi connectivity index (χ1v) is 8.72. The summed E-state index contributed by atoms with van der Waals surface area (Å²) in [6.45, 7) is 4.02. The van der Waals surface area contributed by atoms with E-state index in [1.54, 1.807) is 20.4 Å². The van der Waals surface area contributed by atoms with E-state index in [9.17, 15) is 9.90 Å². The summed E-state index contributed by atoms with van der Waals surface area (Å²) in [6, 6.07) is 13.4. The Hall–Kier alpha value is -3.27. The van der Waals surface area contributed by atoms with Crippen LogP contribution in [0.1, 0.15) is 22.3 Å². The normalized spacial score (nSPS) is 11.1. The molecule has 3 rings (SSSR count). The maximum absolute atomic E-state index is 11.7. The molecule has 4 heteroatoms. The highest BCUT2D eigenvalue weighted by molar-refractivity contribution is 5.79. The van der Waals surface area contributed by atoms with E-state index in [4.69, 9.17) is 4.74 Å². The highest BCUT2D eigenvalue weighted by Gasteiger charge is 2.12. The van der Waals surface area contributed by atoms with Crippen molar-refractivity contribution in [2.75, 3.05) is 7.11 Å². The number of aryl methyl sites for hydroxylation is 3. The average Bonchev–Trinajstić information content (AvgIpc) is 2.64. The van der Waals surface area contributed by atoms with Crippen LogP contribution in [0, 0.1) is 13.8 Å². The largest absolute Gasteiger partial charge is 0.507 e. The zero-order valence-electron chi connectivity index (χ0n) is 16.0. The van der Waals surface area contributed by atoms with E-state index in [1.807, 2.05) is 31.2 Å². The Morgan fingerprint density at radius 2 is 1.74 bits per heavy atom. The lowest BCUT2D eigenvalue weighted by molar-refractivity contribution is 0.411. The van der Waals surface area contributed by atoms with Crippen LogP contribution in [0.15, 0.2) is 53.5 Å². The van der Waals surface area contributed by atoms with Crippen LogP contribution in [-0.2, 0) is 7.05 Å². The first-order valence-electron chi connectivity index (χ1n) is 8.72. The van der Waals surface area contributed by atoms with E-state index in [-0.39, 0.29) is 11.3 Å². The second-order valence-electron chi connectivity index (χ2n) is 6.68. The van der Waals surface area contributed by atoms with E-state index in [0.717, 1.165) is 28.0 Å². The van der Waals surface area contributed by atoms with Crippen LogP contribution < -0.4 is 10.3 Å². The quantitative estimate of drug-likeness (QED) is 0.694. The summed E-state index contributed by atoms with van der Waals surface area (Å²) in [5.41, 5.74) is 5.34. The molecule has 0 unspecified atom stereocenters. The molecule has 0 aliphatic carbocycles. The molecule has 1 N–H and O–H groups in total. The zero-order valence-corrected chi connectivity index (χ0v) is 16.0. The first kappa shape index (κ1) is 18.5. The molecule has 0 bridgehead atoms. The summed E-state index contributed by atoms with van der Waals surface area (Å²) in [4.78, 5) is 11.7. The van der Waals surface area contributed by atoms with Crippen LogP contribution in [0.2, 0.25) is 0 Å². The monoisotopic (exact) mass is 361 g/mol. The molecular weight excluding hydrogens is 338 g/mol. The van der Waals surface area contributed by atoms with E-state index in [0.29, 0.717) is 5.56 Å². The predicted octanol–water partition coefficient (Wildman–Crippen LogP) is 4.55. The molecule has 0 fully saturated rings. The van der Waals surface area contributed by atoms with E-state index >= 15 is 0 Å². The van der Waals surface area contributed by atoms with Gasteiger partial charge in [-0.15, -0.1) is 0 Å². The number of rotatable bonds is 4. The second-order valence-corrected chi connectivity index (χ2v) is 6.68. The molecule has 0 aliphatic rings. The Balaban J connectivity index is 2.10. The standard InChI is InChI=1S/C23H23NO3/c1-15-5-7-17(8-6-15)9-10-18-12-19(11-16(2)23(18)27-4)20-14-24(3)22(26)13-21(20)25/h5-14,25H,1-4H3/b10-9+. The van der Waals surface area contributed by atoms with Crippen molar-refractivity contribution >= 4 is 12.2 Å². The van der Waals surface area contributed by atoms with Gasteiger partial charge >= 0.3 is 0 Å². The maximum Gasteiger partial charge on any atom is 0.254 e. The summed E-state index contributed by atoms with van der Waals surface area (Å²) >= 11 is 0. The Labute approximate surface area is 159 Å².